The summed E-state index contributed by atoms with van der Waals surface area (Å²) in [4.78, 5) is 15.6. The topological polar surface area (TPSA) is 79.7 Å². The Morgan fingerprint density at radius 3 is 2.33 bits per heavy atom. The standard InChI is InChI=1S/C22H17NO4/c1-27-21-17(20(24)22(25)26)10-11-19(23-21)18-12-13-6-2-3-7-14(13)15-8-4-5-9-16(15)18/h2-12,20,24H,1H3,(H,25,26). The average molecular weight is 359 g/mol. The van der Waals surface area contributed by atoms with Crippen LogP contribution in [0.1, 0.15) is 11.7 Å². The van der Waals surface area contributed by atoms with Gasteiger partial charge in [0, 0.05) is 5.56 Å². The molecule has 5 nitrogen and oxygen atoms in total. The van der Waals surface area contributed by atoms with Crippen LogP contribution in [0.25, 0.3) is 32.8 Å². The zero-order chi connectivity index (χ0) is 19.0. The highest BCUT2D eigenvalue weighted by atomic mass is 16.5. The summed E-state index contributed by atoms with van der Waals surface area (Å²) in [5.74, 6) is -1.25. The van der Waals surface area contributed by atoms with Crippen LogP contribution in [-0.4, -0.2) is 28.3 Å². The molecule has 5 heteroatoms. The summed E-state index contributed by atoms with van der Waals surface area (Å²) >= 11 is 0. The summed E-state index contributed by atoms with van der Waals surface area (Å²) in [6.45, 7) is 0. The zero-order valence-electron chi connectivity index (χ0n) is 14.6. The van der Waals surface area contributed by atoms with E-state index in [2.05, 4.69) is 23.2 Å². The normalized spacial score (nSPS) is 12.2. The SMILES string of the molecule is COc1nc(-c2cc3ccccc3c3ccccc23)ccc1C(O)C(=O)O. The van der Waals surface area contributed by atoms with Crippen molar-refractivity contribution < 1.29 is 19.7 Å². The summed E-state index contributed by atoms with van der Waals surface area (Å²) in [5.41, 5.74) is 1.69. The van der Waals surface area contributed by atoms with E-state index in [0.717, 1.165) is 27.1 Å². The van der Waals surface area contributed by atoms with Gasteiger partial charge < -0.3 is 14.9 Å². The van der Waals surface area contributed by atoms with Crippen molar-refractivity contribution in [2.24, 2.45) is 0 Å². The molecule has 4 aromatic rings. The molecule has 0 aliphatic heterocycles. The van der Waals surface area contributed by atoms with Gasteiger partial charge in [-0.15, -0.1) is 0 Å². The van der Waals surface area contributed by atoms with E-state index in [9.17, 15) is 9.90 Å². The Bertz CT molecular complexity index is 1170. The van der Waals surface area contributed by atoms with E-state index in [1.165, 1.54) is 7.11 Å². The molecule has 27 heavy (non-hydrogen) atoms. The van der Waals surface area contributed by atoms with Gasteiger partial charge in [0.1, 0.15) is 0 Å². The van der Waals surface area contributed by atoms with Crippen LogP contribution in [0.2, 0.25) is 0 Å². The quantitative estimate of drug-likeness (QED) is 0.534. The number of methoxy groups -OCH3 is 1. The van der Waals surface area contributed by atoms with Crippen LogP contribution in [0.15, 0.2) is 66.7 Å². The molecule has 0 fully saturated rings. The van der Waals surface area contributed by atoms with E-state index in [-0.39, 0.29) is 11.4 Å². The highest BCUT2D eigenvalue weighted by Crippen LogP contribution is 2.35. The van der Waals surface area contributed by atoms with Crippen molar-refractivity contribution in [3.05, 3.63) is 72.3 Å². The monoisotopic (exact) mass is 359 g/mol. The lowest BCUT2D eigenvalue weighted by atomic mass is 9.95. The van der Waals surface area contributed by atoms with Crippen LogP contribution in [0, 0.1) is 0 Å². The highest BCUT2D eigenvalue weighted by molar-refractivity contribution is 6.13. The molecule has 134 valence electrons. The molecule has 0 saturated heterocycles. The molecular weight excluding hydrogens is 342 g/mol. The van der Waals surface area contributed by atoms with Crippen molar-refractivity contribution in [1.82, 2.24) is 4.98 Å². The van der Waals surface area contributed by atoms with Crippen LogP contribution in [0.5, 0.6) is 5.88 Å². The first-order valence-electron chi connectivity index (χ1n) is 8.47. The van der Waals surface area contributed by atoms with Gasteiger partial charge in [-0.1, -0.05) is 48.5 Å². The maximum absolute atomic E-state index is 11.1. The maximum atomic E-state index is 11.1. The van der Waals surface area contributed by atoms with Crippen molar-refractivity contribution in [2.45, 2.75) is 6.10 Å². The van der Waals surface area contributed by atoms with Gasteiger partial charge in [-0.25, -0.2) is 9.78 Å². The number of hydrogen-bond donors (Lipinski definition) is 2. The summed E-state index contributed by atoms with van der Waals surface area (Å²) in [6.07, 6.45) is -1.69. The molecular formula is C22H17NO4. The molecule has 2 N–H and O–H groups in total. The number of aliphatic carboxylic acids is 1. The minimum Gasteiger partial charge on any atom is -0.481 e. The van der Waals surface area contributed by atoms with E-state index >= 15 is 0 Å². The number of carbonyl (C=O) groups is 1. The first kappa shape index (κ1) is 17.0. The molecule has 1 aromatic heterocycles. The lowest BCUT2D eigenvalue weighted by Crippen LogP contribution is -2.12. The highest BCUT2D eigenvalue weighted by Gasteiger charge is 2.22. The molecule has 0 bridgehead atoms. The van der Waals surface area contributed by atoms with Gasteiger partial charge in [0.2, 0.25) is 5.88 Å². The van der Waals surface area contributed by atoms with Crippen molar-refractivity contribution in [2.75, 3.05) is 7.11 Å². The Labute approximate surface area is 155 Å². The fourth-order valence-corrected chi connectivity index (χ4v) is 3.37. The number of hydrogen-bond acceptors (Lipinski definition) is 4. The van der Waals surface area contributed by atoms with E-state index in [1.54, 1.807) is 12.1 Å². The Morgan fingerprint density at radius 1 is 0.963 bits per heavy atom. The number of carboxylic acid groups (broad SMARTS) is 1. The van der Waals surface area contributed by atoms with Crippen molar-refractivity contribution >= 4 is 27.5 Å². The fourth-order valence-electron chi connectivity index (χ4n) is 3.37. The molecule has 0 aliphatic rings. The minimum absolute atomic E-state index is 0.0969. The molecule has 1 atom stereocenters. The van der Waals surface area contributed by atoms with Gasteiger partial charge in [0.05, 0.1) is 18.4 Å². The van der Waals surface area contributed by atoms with Gasteiger partial charge in [-0.2, -0.15) is 0 Å². The summed E-state index contributed by atoms with van der Waals surface area (Å²) in [6, 6.07) is 21.5. The van der Waals surface area contributed by atoms with Gasteiger partial charge in [0.15, 0.2) is 6.10 Å². The van der Waals surface area contributed by atoms with E-state index in [1.807, 2.05) is 36.4 Å². The molecule has 0 saturated carbocycles. The largest absolute Gasteiger partial charge is 0.481 e. The van der Waals surface area contributed by atoms with Crippen molar-refractivity contribution in [3.8, 4) is 17.1 Å². The number of nitrogens with zero attached hydrogens (tertiary/aromatic N) is 1. The summed E-state index contributed by atoms with van der Waals surface area (Å²) < 4.78 is 5.24. The van der Waals surface area contributed by atoms with Gasteiger partial charge in [-0.05, 0) is 39.7 Å². The van der Waals surface area contributed by atoms with Gasteiger partial charge in [-0.3, -0.25) is 0 Å². The van der Waals surface area contributed by atoms with Crippen LogP contribution >= 0.6 is 0 Å². The minimum atomic E-state index is -1.69. The Morgan fingerprint density at radius 2 is 1.63 bits per heavy atom. The Hall–Kier alpha value is -3.44. The molecule has 1 unspecified atom stereocenters. The first-order valence-corrected chi connectivity index (χ1v) is 8.47. The molecule has 0 amide bonds. The van der Waals surface area contributed by atoms with Crippen molar-refractivity contribution in [1.29, 1.82) is 0 Å². The van der Waals surface area contributed by atoms with Crippen molar-refractivity contribution in [3.63, 3.8) is 0 Å². The third-order valence-electron chi connectivity index (χ3n) is 4.66. The summed E-state index contributed by atoms with van der Waals surface area (Å²) in [7, 11) is 1.41. The molecule has 0 aliphatic carbocycles. The van der Waals surface area contributed by atoms with Gasteiger partial charge in [0.25, 0.3) is 0 Å². The van der Waals surface area contributed by atoms with Crippen LogP contribution in [0.3, 0.4) is 0 Å². The predicted octanol–water partition coefficient (Wildman–Crippen LogP) is 4.18. The number of aromatic nitrogens is 1. The number of fused-ring (bicyclic) bond motifs is 3. The van der Waals surface area contributed by atoms with E-state index in [0.29, 0.717) is 5.69 Å². The van der Waals surface area contributed by atoms with E-state index in [4.69, 9.17) is 9.84 Å². The smallest absolute Gasteiger partial charge is 0.337 e. The second kappa shape index (κ2) is 6.70. The number of pyridine rings is 1. The molecule has 0 spiro atoms. The fraction of sp³-hybridized carbons (Fsp3) is 0.0909. The number of rotatable bonds is 4. The lowest BCUT2D eigenvalue weighted by Gasteiger charge is -2.14. The molecule has 3 aromatic carbocycles. The third-order valence-corrected chi connectivity index (χ3v) is 4.66. The predicted molar refractivity (Wildman–Crippen MR) is 104 cm³/mol. The van der Waals surface area contributed by atoms with Gasteiger partial charge >= 0.3 is 5.97 Å². The molecule has 0 radical (unpaired) electrons. The number of carboxylic acids is 1. The summed E-state index contributed by atoms with van der Waals surface area (Å²) in [5, 5.41) is 23.3. The second-order valence-corrected chi connectivity index (χ2v) is 6.23. The molecule has 4 rings (SSSR count). The number of aliphatic hydroxyl groups is 1. The number of benzene rings is 3. The average Bonchev–Trinajstić information content (AvgIpc) is 2.72. The maximum Gasteiger partial charge on any atom is 0.337 e. The number of ether oxygens (including phenoxy) is 1. The lowest BCUT2D eigenvalue weighted by molar-refractivity contribution is -0.147. The zero-order valence-corrected chi connectivity index (χ0v) is 14.6. The Balaban J connectivity index is 1.98. The Kier molecular flexibility index (Phi) is 4.22. The first-order chi connectivity index (χ1) is 13.1. The van der Waals surface area contributed by atoms with Crippen LogP contribution < -0.4 is 4.74 Å². The van der Waals surface area contributed by atoms with E-state index < -0.39 is 12.1 Å². The third kappa shape index (κ3) is 2.88. The second-order valence-electron chi connectivity index (χ2n) is 6.23. The van der Waals surface area contributed by atoms with Crippen LogP contribution in [0.4, 0.5) is 0 Å². The van der Waals surface area contributed by atoms with Crippen LogP contribution in [-0.2, 0) is 4.79 Å². The number of aliphatic hydroxyl groups excluding tert-OH is 1. The molecule has 1 heterocycles.